The first-order chi connectivity index (χ1) is 27.6. The number of hydrogen-bond acceptors (Lipinski definition) is 4. The summed E-state index contributed by atoms with van der Waals surface area (Å²) >= 11 is 7.06. The normalized spacial score (nSPS) is 13.3. The maximum absolute atomic E-state index is 16.1. The summed E-state index contributed by atoms with van der Waals surface area (Å²) in [5, 5.41) is 9.88. The second-order valence-electron chi connectivity index (χ2n) is 14.1. The van der Waals surface area contributed by atoms with Crippen LogP contribution in [0.15, 0.2) is 194 Å². The van der Waals surface area contributed by atoms with E-state index in [-0.39, 0.29) is 0 Å². The highest BCUT2D eigenvalue weighted by atomic mass is 32.4. The van der Waals surface area contributed by atoms with Gasteiger partial charge in [0.2, 0.25) is 0 Å². The summed E-state index contributed by atoms with van der Waals surface area (Å²) in [5.41, 5.74) is 5.66. The molecule has 4 aromatic heterocycles. The van der Waals surface area contributed by atoms with Gasteiger partial charge in [0, 0.05) is 60.5 Å². The minimum Gasteiger partial charge on any atom is -0.309 e. The molecule has 0 saturated heterocycles. The number of imidazole rings is 1. The molecule has 11 rings (SSSR count). The van der Waals surface area contributed by atoms with Gasteiger partial charge in [-0.3, -0.25) is 9.38 Å². The average molecular weight is 775 g/mol. The standard InChI is InChI=1S/C48H32N4OP2S/c53-54(33-14-3-1-4-15-33,34-16-5-2-6-17-34)46-25-13-22-40-37-18-7-8-21-41(37)48-50-42-32-36(26-27-45(42)51(48)47(40)46)55(56,35-28-30-49-31-29-35)52-43-23-11-9-19-38(43)39-20-10-12-24-44(39)52/h1-32H. The van der Waals surface area contributed by atoms with Crippen molar-refractivity contribution in [2.45, 2.75) is 0 Å². The number of benzene rings is 7. The molecule has 0 aliphatic heterocycles. The van der Waals surface area contributed by atoms with Crippen LogP contribution in [0.1, 0.15) is 0 Å². The van der Waals surface area contributed by atoms with Crippen molar-refractivity contribution in [3.05, 3.63) is 194 Å². The van der Waals surface area contributed by atoms with Crippen molar-refractivity contribution in [1.82, 2.24) is 18.7 Å². The van der Waals surface area contributed by atoms with Crippen molar-refractivity contribution >= 4 is 112 Å². The Morgan fingerprint density at radius 1 is 0.464 bits per heavy atom. The summed E-state index contributed by atoms with van der Waals surface area (Å²) in [6.07, 6.45) is 0.914. The number of para-hydroxylation sites is 3. The summed E-state index contributed by atoms with van der Waals surface area (Å²) < 4.78 is 20.7. The van der Waals surface area contributed by atoms with Crippen molar-refractivity contribution in [2.75, 3.05) is 0 Å². The first kappa shape index (κ1) is 33.2. The molecule has 0 N–H and O–H groups in total. The highest BCUT2D eigenvalue weighted by Crippen LogP contribution is 2.52. The van der Waals surface area contributed by atoms with Gasteiger partial charge in [0.15, 0.2) is 7.14 Å². The molecule has 0 amide bonds. The topological polar surface area (TPSA) is 52.2 Å². The number of aromatic nitrogens is 4. The molecule has 1 atom stereocenters. The molecule has 0 bridgehead atoms. The van der Waals surface area contributed by atoms with Gasteiger partial charge >= 0.3 is 0 Å². The first-order valence-corrected chi connectivity index (χ1v) is 23.0. The Bertz CT molecular complexity index is 3340. The van der Waals surface area contributed by atoms with Gasteiger partial charge in [-0.15, -0.1) is 0 Å². The molecule has 0 spiro atoms. The van der Waals surface area contributed by atoms with Gasteiger partial charge in [0.25, 0.3) is 0 Å². The number of rotatable bonds is 6. The van der Waals surface area contributed by atoms with E-state index in [1.807, 2.05) is 85.2 Å². The van der Waals surface area contributed by atoms with E-state index in [0.29, 0.717) is 0 Å². The Morgan fingerprint density at radius 3 is 1.66 bits per heavy atom. The van der Waals surface area contributed by atoms with Crippen molar-refractivity contribution in [2.24, 2.45) is 0 Å². The zero-order chi connectivity index (χ0) is 37.4. The molecule has 0 aliphatic carbocycles. The highest BCUT2D eigenvalue weighted by molar-refractivity contribution is 8.21. The third kappa shape index (κ3) is 4.67. The maximum Gasteiger partial charge on any atom is 0.173 e. The van der Waals surface area contributed by atoms with Gasteiger partial charge in [0.05, 0.1) is 33.8 Å². The summed E-state index contributed by atoms with van der Waals surface area (Å²) in [6.45, 7) is 0. The van der Waals surface area contributed by atoms with Crippen LogP contribution in [0.2, 0.25) is 0 Å². The molecular formula is C48H32N4OP2S. The molecule has 0 radical (unpaired) electrons. The zero-order valence-electron chi connectivity index (χ0n) is 30.0. The quantitative estimate of drug-likeness (QED) is 0.125. The SMILES string of the molecule is O=P(c1ccccc1)(c1ccccc1)c1cccc2c3ccccc3c3nc4cc(P(=S)(c5ccncc5)n5c6ccccc6c6ccccc65)ccc4n3c12. The molecule has 266 valence electrons. The lowest BCUT2D eigenvalue weighted by Gasteiger charge is -2.27. The smallest absolute Gasteiger partial charge is 0.173 e. The van der Waals surface area contributed by atoms with E-state index >= 15 is 4.57 Å². The average Bonchev–Trinajstić information content (AvgIpc) is 3.83. The van der Waals surface area contributed by atoms with Crippen LogP contribution >= 0.6 is 13.3 Å². The Balaban J connectivity index is 1.26. The van der Waals surface area contributed by atoms with Crippen LogP contribution in [0.4, 0.5) is 0 Å². The van der Waals surface area contributed by atoms with Crippen molar-refractivity contribution in [1.29, 1.82) is 0 Å². The third-order valence-electron chi connectivity index (χ3n) is 11.1. The Hall–Kier alpha value is -6.16. The predicted molar refractivity (Wildman–Crippen MR) is 240 cm³/mol. The molecule has 8 heteroatoms. The first-order valence-electron chi connectivity index (χ1n) is 18.5. The van der Waals surface area contributed by atoms with E-state index < -0.39 is 13.3 Å². The highest BCUT2D eigenvalue weighted by Gasteiger charge is 2.34. The van der Waals surface area contributed by atoms with Crippen molar-refractivity contribution in [3.8, 4) is 0 Å². The van der Waals surface area contributed by atoms with Gasteiger partial charge in [-0.2, -0.15) is 0 Å². The number of nitrogens with zero attached hydrogens (tertiary/aromatic N) is 4. The molecule has 5 nitrogen and oxygen atoms in total. The third-order valence-corrected chi connectivity index (χ3v) is 18.9. The molecule has 11 aromatic rings. The Labute approximate surface area is 328 Å². The predicted octanol–water partition coefficient (Wildman–Crippen LogP) is 9.83. The summed E-state index contributed by atoms with van der Waals surface area (Å²) in [6, 6.07) is 62.2. The van der Waals surface area contributed by atoms with Gasteiger partial charge in [0.1, 0.15) is 5.65 Å². The molecule has 56 heavy (non-hydrogen) atoms. The summed E-state index contributed by atoms with van der Waals surface area (Å²) in [5.74, 6) is 0. The van der Waals surface area contributed by atoms with E-state index in [1.165, 1.54) is 10.8 Å². The number of fused-ring (bicyclic) bond motifs is 11. The molecule has 0 aliphatic rings. The van der Waals surface area contributed by atoms with Gasteiger partial charge in [-0.25, -0.2) is 4.98 Å². The fraction of sp³-hybridized carbons (Fsp3) is 0. The lowest BCUT2D eigenvalue weighted by atomic mass is 10.1. The van der Waals surface area contributed by atoms with E-state index in [9.17, 15) is 0 Å². The number of pyridine rings is 2. The Kier molecular flexibility index (Phi) is 7.53. The monoisotopic (exact) mass is 774 g/mol. The largest absolute Gasteiger partial charge is 0.309 e. The second kappa shape index (κ2) is 12.7. The molecule has 1 unspecified atom stereocenters. The van der Waals surface area contributed by atoms with Crippen LogP contribution in [-0.2, 0) is 16.4 Å². The lowest BCUT2D eigenvalue weighted by molar-refractivity contribution is 0.592. The molecule has 4 heterocycles. The number of hydrogen-bond donors (Lipinski definition) is 0. The fourth-order valence-electron chi connectivity index (χ4n) is 8.65. The fourth-order valence-corrected chi connectivity index (χ4v) is 15.6. The minimum absolute atomic E-state index is 0.777. The molecule has 7 aromatic carbocycles. The van der Waals surface area contributed by atoms with Crippen LogP contribution in [-0.4, -0.2) is 18.7 Å². The van der Waals surface area contributed by atoms with Gasteiger partial charge < -0.3 is 8.90 Å². The summed E-state index contributed by atoms with van der Waals surface area (Å²) in [4.78, 5) is 9.85. The van der Waals surface area contributed by atoms with E-state index in [1.54, 1.807) is 0 Å². The molecule has 0 saturated carbocycles. The second-order valence-corrected chi connectivity index (χ2v) is 21.0. The van der Waals surface area contributed by atoms with E-state index in [4.69, 9.17) is 16.8 Å². The van der Waals surface area contributed by atoms with Crippen molar-refractivity contribution < 1.29 is 4.57 Å². The Morgan fingerprint density at radius 2 is 1.02 bits per heavy atom. The van der Waals surface area contributed by atoms with Crippen molar-refractivity contribution in [3.63, 3.8) is 0 Å². The van der Waals surface area contributed by atoms with E-state index in [2.05, 4.69) is 123 Å². The lowest BCUT2D eigenvalue weighted by Crippen LogP contribution is -2.26. The van der Waals surface area contributed by atoms with Crippen LogP contribution in [0, 0.1) is 0 Å². The van der Waals surface area contributed by atoms with Crippen LogP contribution < -0.4 is 26.5 Å². The maximum atomic E-state index is 16.1. The van der Waals surface area contributed by atoms with E-state index in [0.717, 1.165) is 75.9 Å². The van der Waals surface area contributed by atoms with Gasteiger partial charge in [-0.1, -0.05) is 145 Å². The van der Waals surface area contributed by atoms with Crippen LogP contribution in [0.5, 0.6) is 0 Å². The molecular weight excluding hydrogens is 743 g/mol. The zero-order valence-corrected chi connectivity index (χ0v) is 32.6. The minimum atomic E-state index is -3.38. The summed E-state index contributed by atoms with van der Waals surface area (Å²) in [7, 11) is -3.38. The molecule has 0 fully saturated rings. The van der Waals surface area contributed by atoms with Crippen LogP contribution in [0.25, 0.3) is 60.2 Å². The van der Waals surface area contributed by atoms with Gasteiger partial charge in [-0.05, 0) is 53.9 Å². The van der Waals surface area contributed by atoms with Crippen LogP contribution in [0.3, 0.4) is 0 Å².